The van der Waals surface area contributed by atoms with E-state index in [0.717, 1.165) is 0 Å². The van der Waals surface area contributed by atoms with Crippen molar-refractivity contribution in [1.29, 1.82) is 0 Å². The fourth-order valence-electron chi connectivity index (χ4n) is 4.52. The highest BCUT2D eigenvalue weighted by atomic mass is 14.1. The van der Waals surface area contributed by atoms with Gasteiger partial charge >= 0.3 is 0 Å². The molecule has 6 rings (SSSR count). The molecule has 6 aromatic carbocycles. The Labute approximate surface area is 234 Å². The van der Waals surface area contributed by atoms with E-state index < -0.39 is 0 Å². The van der Waals surface area contributed by atoms with E-state index in [1.807, 2.05) is 26.0 Å². The standard InChI is InChI=1S/C19H16.C18H14.C2H6/c1-15-12-18(16-8-4-2-5-9-16)14-19(13-15)17-10-6-3-7-11-17;1-3-8-15(9-4-1)17-12-7-13-18(14-17)16-10-5-2-6-11-16;1-2/h2-14H,1H3;1-14H;1-2H3. The van der Waals surface area contributed by atoms with Crippen LogP contribution < -0.4 is 0 Å². The Balaban J connectivity index is 0.000000170. The maximum atomic E-state index is 2.26. The Bertz CT molecular complexity index is 1420. The molecular weight excluding hydrogens is 468 g/mol. The second-order valence-corrected chi connectivity index (χ2v) is 9.13. The molecule has 0 bridgehead atoms. The SMILES string of the molecule is CC.Cc1cc(-c2ccccc2)cc(-c2ccccc2)c1.c1ccc(-c2cccc(-c3ccccc3)c2)cc1. The van der Waals surface area contributed by atoms with Gasteiger partial charge < -0.3 is 0 Å². The maximum absolute atomic E-state index is 2.26. The summed E-state index contributed by atoms with van der Waals surface area (Å²) in [5.74, 6) is 0. The average molecular weight is 505 g/mol. The summed E-state index contributed by atoms with van der Waals surface area (Å²) in [6.07, 6.45) is 0. The van der Waals surface area contributed by atoms with Crippen molar-refractivity contribution in [2.75, 3.05) is 0 Å². The fourth-order valence-corrected chi connectivity index (χ4v) is 4.52. The zero-order valence-corrected chi connectivity index (χ0v) is 23.1. The summed E-state index contributed by atoms with van der Waals surface area (Å²) in [5, 5.41) is 0. The van der Waals surface area contributed by atoms with E-state index in [2.05, 4.69) is 159 Å². The van der Waals surface area contributed by atoms with Crippen LogP contribution in [0.2, 0.25) is 0 Å². The van der Waals surface area contributed by atoms with Gasteiger partial charge in [0.2, 0.25) is 0 Å². The summed E-state index contributed by atoms with van der Waals surface area (Å²) in [7, 11) is 0. The summed E-state index contributed by atoms with van der Waals surface area (Å²) >= 11 is 0. The van der Waals surface area contributed by atoms with Gasteiger partial charge in [-0.3, -0.25) is 0 Å². The third kappa shape index (κ3) is 7.66. The highest BCUT2D eigenvalue weighted by molar-refractivity contribution is 5.74. The molecule has 0 radical (unpaired) electrons. The van der Waals surface area contributed by atoms with Crippen molar-refractivity contribution in [3.8, 4) is 44.5 Å². The number of rotatable bonds is 4. The predicted octanol–water partition coefficient (Wildman–Crippen LogP) is 11.4. The highest BCUT2D eigenvalue weighted by Gasteiger charge is 2.03. The van der Waals surface area contributed by atoms with Crippen LogP contribution in [0.25, 0.3) is 44.5 Å². The first-order chi connectivity index (χ1) is 19.3. The molecule has 0 saturated carbocycles. The Kier molecular flexibility index (Phi) is 10.0. The van der Waals surface area contributed by atoms with E-state index >= 15 is 0 Å². The Morgan fingerprint density at radius 1 is 0.256 bits per heavy atom. The van der Waals surface area contributed by atoms with Crippen molar-refractivity contribution in [2.24, 2.45) is 0 Å². The minimum Gasteiger partial charge on any atom is -0.0683 e. The fraction of sp³-hybridized carbons (Fsp3) is 0.0769. The summed E-state index contributed by atoms with van der Waals surface area (Å²) in [6.45, 7) is 6.15. The van der Waals surface area contributed by atoms with Crippen LogP contribution in [-0.2, 0) is 0 Å². The molecule has 0 atom stereocenters. The lowest BCUT2D eigenvalue weighted by Gasteiger charge is -2.08. The van der Waals surface area contributed by atoms with Gasteiger partial charge in [-0.25, -0.2) is 0 Å². The van der Waals surface area contributed by atoms with Crippen LogP contribution >= 0.6 is 0 Å². The van der Waals surface area contributed by atoms with Crippen LogP contribution in [0.1, 0.15) is 19.4 Å². The van der Waals surface area contributed by atoms with Crippen molar-refractivity contribution in [3.63, 3.8) is 0 Å². The number of aryl methyl sites for hydroxylation is 1. The number of benzene rings is 6. The third-order valence-electron chi connectivity index (χ3n) is 6.37. The second kappa shape index (κ2) is 14.3. The Hall–Kier alpha value is -4.68. The van der Waals surface area contributed by atoms with Crippen molar-refractivity contribution >= 4 is 0 Å². The lowest BCUT2D eigenvalue weighted by Crippen LogP contribution is -1.84. The summed E-state index contributed by atoms with van der Waals surface area (Å²) in [6, 6.07) is 57.4. The van der Waals surface area contributed by atoms with Gasteiger partial charge in [0.25, 0.3) is 0 Å². The van der Waals surface area contributed by atoms with Gasteiger partial charge in [-0.1, -0.05) is 166 Å². The van der Waals surface area contributed by atoms with E-state index in [0.29, 0.717) is 0 Å². The first-order valence-corrected chi connectivity index (χ1v) is 13.7. The van der Waals surface area contributed by atoms with E-state index in [1.165, 1.54) is 50.1 Å². The van der Waals surface area contributed by atoms with E-state index in [4.69, 9.17) is 0 Å². The van der Waals surface area contributed by atoms with Gasteiger partial charge in [0.15, 0.2) is 0 Å². The van der Waals surface area contributed by atoms with Gasteiger partial charge in [-0.15, -0.1) is 0 Å². The number of hydrogen-bond donors (Lipinski definition) is 0. The molecule has 0 saturated heterocycles. The topological polar surface area (TPSA) is 0 Å². The van der Waals surface area contributed by atoms with Gasteiger partial charge in [0, 0.05) is 0 Å². The molecule has 0 spiro atoms. The molecule has 0 amide bonds. The van der Waals surface area contributed by atoms with Crippen molar-refractivity contribution < 1.29 is 0 Å². The molecule has 0 fully saturated rings. The van der Waals surface area contributed by atoms with Gasteiger partial charge in [-0.05, 0) is 69.1 Å². The molecule has 0 aromatic heterocycles. The maximum Gasteiger partial charge on any atom is -0.0175 e. The van der Waals surface area contributed by atoms with Crippen molar-refractivity contribution in [2.45, 2.75) is 20.8 Å². The van der Waals surface area contributed by atoms with Crippen LogP contribution in [0.3, 0.4) is 0 Å². The monoisotopic (exact) mass is 504 g/mol. The lowest BCUT2D eigenvalue weighted by molar-refractivity contribution is 1.46. The zero-order chi connectivity index (χ0) is 27.3. The van der Waals surface area contributed by atoms with Gasteiger partial charge in [0.1, 0.15) is 0 Å². The zero-order valence-electron chi connectivity index (χ0n) is 23.1. The van der Waals surface area contributed by atoms with Crippen molar-refractivity contribution in [1.82, 2.24) is 0 Å². The summed E-state index contributed by atoms with van der Waals surface area (Å²) < 4.78 is 0. The van der Waals surface area contributed by atoms with E-state index in [9.17, 15) is 0 Å². The van der Waals surface area contributed by atoms with Gasteiger partial charge in [0.05, 0.1) is 0 Å². The van der Waals surface area contributed by atoms with Crippen molar-refractivity contribution in [3.05, 3.63) is 169 Å². The Morgan fingerprint density at radius 2 is 0.513 bits per heavy atom. The molecule has 0 heterocycles. The molecule has 6 aromatic rings. The van der Waals surface area contributed by atoms with Gasteiger partial charge in [-0.2, -0.15) is 0 Å². The molecule has 0 aliphatic heterocycles. The Morgan fingerprint density at radius 3 is 0.846 bits per heavy atom. The minimum atomic E-state index is 1.26. The number of hydrogen-bond acceptors (Lipinski definition) is 0. The third-order valence-corrected chi connectivity index (χ3v) is 6.37. The van der Waals surface area contributed by atoms with E-state index in [-0.39, 0.29) is 0 Å². The van der Waals surface area contributed by atoms with E-state index in [1.54, 1.807) is 0 Å². The molecule has 192 valence electrons. The lowest BCUT2D eigenvalue weighted by atomic mass is 9.97. The first-order valence-electron chi connectivity index (χ1n) is 13.7. The average Bonchev–Trinajstić information content (AvgIpc) is 3.04. The van der Waals surface area contributed by atoms with Crippen LogP contribution in [0.4, 0.5) is 0 Å². The second-order valence-electron chi connectivity index (χ2n) is 9.13. The smallest absolute Gasteiger partial charge is 0.0175 e. The molecule has 0 aliphatic carbocycles. The summed E-state index contributed by atoms with van der Waals surface area (Å²) in [4.78, 5) is 0. The molecule has 0 heteroatoms. The predicted molar refractivity (Wildman–Crippen MR) is 171 cm³/mol. The molecular formula is C39H36. The molecule has 39 heavy (non-hydrogen) atoms. The molecule has 0 aliphatic rings. The normalized spacial score (nSPS) is 9.92. The largest absolute Gasteiger partial charge is 0.0683 e. The van der Waals surface area contributed by atoms with Crippen LogP contribution in [0.15, 0.2) is 164 Å². The quantitative estimate of drug-likeness (QED) is 0.224. The highest BCUT2D eigenvalue weighted by Crippen LogP contribution is 2.28. The summed E-state index contributed by atoms with van der Waals surface area (Å²) in [5.41, 5.74) is 11.4. The van der Waals surface area contributed by atoms with Crippen LogP contribution in [0.5, 0.6) is 0 Å². The first kappa shape index (κ1) is 27.4. The van der Waals surface area contributed by atoms with Crippen LogP contribution in [0, 0.1) is 6.92 Å². The minimum absolute atomic E-state index is 1.26. The molecule has 0 nitrogen and oxygen atoms in total. The molecule has 0 unspecified atom stereocenters. The van der Waals surface area contributed by atoms with Crippen LogP contribution in [-0.4, -0.2) is 0 Å². The molecule has 0 N–H and O–H groups in total.